The molecular weight excluding hydrogens is 487 g/mol. The summed E-state index contributed by atoms with van der Waals surface area (Å²) in [5, 5.41) is 17.6. The molecule has 34 heavy (non-hydrogen) atoms. The molecule has 186 valence electrons. The molecule has 0 fully saturated rings. The van der Waals surface area contributed by atoms with Gasteiger partial charge >= 0.3 is 17.8 Å². The summed E-state index contributed by atoms with van der Waals surface area (Å²) >= 11 is 1.54. The van der Waals surface area contributed by atoms with Gasteiger partial charge in [0.1, 0.15) is 5.82 Å². The molecule has 0 aromatic carbocycles. The zero-order valence-electron chi connectivity index (χ0n) is 18.0. The van der Waals surface area contributed by atoms with Crippen molar-refractivity contribution < 1.29 is 31.9 Å². The molecule has 0 amide bonds. The van der Waals surface area contributed by atoms with Crippen LogP contribution in [0.2, 0.25) is 0 Å². The maximum absolute atomic E-state index is 12.9. The molecule has 0 bridgehead atoms. The molecule has 3 aromatic heterocycles. The van der Waals surface area contributed by atoms with E-state index in [9.17, 15) is 26.7 Å². The van der Waals surface area contributed by atoms with Gasteiger partial charge in [-0.2, -0.15) is 32.1 Å². The van der Waals surface area contributed by atoms with Gasteiger partial charge in [-0.25, -0.2) is 14.7 Å². The molecule has 0 spiro atoms. The molecule has 9 nitrogen and oxygen atoms in total. The van der Waals surface area contributed by atoms with Gasteiger partial charge in [0.25, 0.3) is 6.08 Å². The van der Waals surface area contributed by atoms with Crippen LogP contribution in [0.25, 0.3) is 10.4 Å². The van der Waals surface area contributed by atoms with Gasteiger partial charge in [-0.15, -0.1) is 11.3 Å². The number of H-pyrrole nitrogens is 1. The Hall–Kier alpha value is -3.33. The summed E-state index contributed by atoms with van der Waals surface area (Å²) in [4.78, 5) is 23.0. The van der Waals surface area contributed by atoms with Crippen molar-refractivity contribution in [1.29, 1.82) is 0 Å². The van der Waals surface area contributed by atoms with Crippen molar-refractivity contribution in [3.05, 3.63) is 56.9 Å². The Kier molecular flexibility index (Phi) is 8.86. The molecule has 0 unspecified atom stereocenters. The first-order chi connectivity index (χ1) is 15.9. The Balaban J connectivity index is 0.000000509. The first-order valence-corrected chi connectivity index (χ1v) is 10.5. The number of hydrogen-bond acceptors (Lipinski definition) is 6. The number of aliphatic carboxylic acids is 1. The highest BCUT2D eigenvalue weighted by Crippen LogP contribution is 2.31. The number of aromatic amines is 1. The Morgan fingerprint density at radius 2 is 1.97 bits per heavy atom. The summed E-state index contributed by atoms with van der Waals surface area (Å²) < 4.78 is 60.8. The minimum Gasteiger partial charge on any atom is -0.475 e. The van der Waals surface area contributed by atoms with Crippen molar-refractivity contribution in [3.8, 4) is 10.4 Å². The molecule has 3 heterocycles. The standard InChI is InChI=1S/C17H20F2N6OS.C2HF3O2/c1-3-24-8-12(7-21-24)13-4-10(2)14(27-13)9-25-15(22-23-17(25)26)5-11(6-20)16(18)19;3-2(4,5)1(6)7/h4,7-8H,3,5-6,9,20H2,1-2H3,(H,23,26);(H,6,7). The summed E-state index contributed by atoms with van der Waals surface area (Å²) in [5.74, 6) is -2.52. The number of carbonyl (C=O) groups is 1. The molecule has 0 aliphatic carbocycles. The predicted molar refractivity (Wildman–Crippen MR) is 114 cm³/mol. The molecule has 0 aliphatic rings. The molecule has 3 aromatic rings. The second kappa shape index (κ2) is 11.2. The zero-order valence-corrected chi connectivity index (χ0v) is 18.8. The third-order valence-corrected chi connectivity index (χ3v) is 5.80. The normalized spacial score (nSPS) is 11.2. The van der Waals surface area contributed by atoms with Gasteiger partial charge in [-0.1, -0.05) is 0 Å². The van der Waals surface area contributed by atoms with Crippen molar-refractivity contribution in [3.63, 3.8) is 0 Å². The van der Waals surface area contributed by atoms with Crippen LogP contribution in [0.3, 0.4) is 0 Å². The molecule has 0 radical (unpaired) electrons. The number of nitrogens with zero attached hydrogens (tertiary/aromatic N) is 4. The number of thiophene rings is 1. The van der Waals surface area contributed by atoms with Gasteiger partial charge in [-0.3, -0.25) is 9.25 Å². The zero-order chi connectivity index (χ0) is 25.6. The van der Waals surface area contributed by atoms with Gasteiger partial charge in [0.2, 0.25) is 0 Å². The molecule has 0 atom stereocenters. The Morgan fingerprint density at radius 1 is 1.32 bits per heavy atom. The smallest absolute Gasteiger partial charge is 0.475 e. The van der Waals surface area contributed by atoms with Crippen LogP contribution >= 0.6 is 11.3 Å². The fourth-order valence-electron chi connectivity index (χ4n) is 2.68. The van der Waals surface area contributed by atoms with E-state index in [4.69, 9.17) is 15.6 Å². The van der Waals surface area contributed by atoms with Crippen molar-refractivity contribution >= 4 is 17.3 Å². The van der Waals surface area contributed by atoms with Gasteiger partial charge in [0.15, 0.2) is 0 Å². The molecule has 3 rings (SSSR count). The van der Waals surface area contributed by atoms with E-state index in [0.29, 0.717) is 0 Å². The van der Waals surface area contributed by atoms with E-state index in [0.717, 1.165) is 27.4 Å². The minimum atomic E-state index is -5.08. The lowest BCUT2D eigenvalue weighted by molar-refractivity contribution is -0.192. The van der Waals surface area contributed by atoms with Crippen molar-refractivity contribution in [2.45, 2.75) is 39.5 Å². The van der Waals surface area contributed by atoms with Gasteiger partial charge in [0.05, 0.1) is 12.7 Å². The van der Waals surface area contributed by atoms with Crippen LogP contribution < -0.4 is 11.4 Å². The van der Waals surface area contributed by atoms with E-state index in [1.165, 1.54) is 4.57 Å². The maximum Gasteiger partial charge on any atom is 0.490 e. The van der Waals surface area contributed by atoms with Crippen molar-refractivity contribution in [1.82, 2.24) is 24.5 Å². The van der Waals surface area contributed by atoms with E-state index in [-0.39, 0.29) is 30.9 Å². The van der Waals surface area contributed by atoms with Gasteiger partial charge in [0, 0.05) is 46.6 Å². The van der Waals surface area contributed by atoms with Crippen LogP contribution in [-0.4, -0.2) is 48.3 Å². The Labute approximate surface area is 193 Å². The summed E-state index contributed by atoms with van der Waals surface area (Å²) in [6.45, 7) is 4.73. The Bertz CT molecular complexity index is 1220. The number of aromatic nitrogens is 5. The first kappa shape index (κ1) is 26.9. The van der Waals surface area contributed by atoms with Crippen LogP contribution in [0.15, 0.2) is 34.9 Å². The molecular formula is C19H21F5N6O3S. The lowest BCUT2D eigenvalue weighted by Gasteiger charge is -2.06. The summed E-state index contributed by atoms with van der Waals surface area (Å²) in [6, 6.07) is 2.04. The second-order valence-corrected chi connectivity index (χ2v) is 8.02. The highest BCUT2D eigenvalue weighted by atomic mass is 32.1. The van der Waals surface area contributed by atoms with Crippen LogP contribution in [0, 0.1) is 6.92 Å². The van der Waals surface area contributed by atoms with Crippen LogP contribution in [0.5, 0.6) is 0 Å². The number of halogens is 5. The average Bonchev–Trinajstić information content (AvgIpc) is 3.46. The molecule has 0 saturated heterocycles. The number of rotatable bonds is 7. The first-order valence-electron chi connectivity index (χ1n) is 9.66. The third kappa shape index (κ3) is 6.84. The van der Waals surface area contributed by atoms with E-state index in [1.54, 1.807) is 17.5 Å². The van der Waals surface area contributed by atoms with E-state index in [2.05, 4.69) is 15.3 Å². The summed E-state index contributed by atoms with van der Waals surface area (Å²) in [7, 11) is 0. The number of aryl methyl sites for hydroxylation is 2. The fourth-order valence-corrected chi connectivity index (χ4v) is 3.82. The fraction of sp³-hybridized carbons (Fsp3) is 0.368. The van der Waals surface area contributed by atoms with Gasteiger partial charge < -0.3 is 10.8 Å². The second-order valence-electron chi connectivity index (χ2n) is 6.88. The van der Waals surface area contributed by atoms with Crippen molar-refractivity contribution in [2.24, 2.45) is 5.73 Å². The SMILES string of the molecule is CCn1cc(-c2cc(C)c(Cn3c(CC(CN)=C(F)F)n[nH]c3=O)s2)cn1.O=C(O)C(F)(F)F. The van der Waals surface area contributed by atoms with E-state index < -0.39 is 23.9 Å². The maximum atomic E-state index is 12.9. The van der Waals surface area contributed by atoms with Crippen LogP contribution in [0.4, 0.5) is 22.0 Å². The summed E-state index contributed by atoms with van der Waals surface area (Å²) in [5.41, 5.74) is 6.72. The largest absolute Gasteiger partial charge is 0.490 e. The van der Waals surface area contributed by atoms with E-state index >= 15 is 0 Å². The minimum absolute atomic E-state index is 0.169. The van der Waals surface area contributed by atoms with Crippen molar-refractivity contribution in [2.75, 3.05) is 6.54 Å². The van der Waals surface area contributed by atoms with Crippen LogP contribution in [-0.2, 0) is 24.3 Å². The monoisotopic (exact) mass is 508 g/mol. The lowest BCUT2D eigenvalue weighted by atomic mass is 10.2. The predicted octanol–water partition coefficient (Wildman–Crippen LogP) is 3.16. The highest BCUT2D eigenvalue weighted by molar-refractivity contribution is 7.15. The summed E-state index contributed by atoms with van der Waals surface area (Å²) in [6.07, 6.45) is -3.32. The topological polar surface area (TPSA) is 132 Å². The Morgan fingerprint density at radius 3 is 2.47 bits per heavy atom. The molecule has 15 heteroatoms. The number of hydrogen-bond donors (Lipinski definition) is 3. The number of alkyl halides is 3. The lowest BCUT2D eigenvalue weighted by Crippen LogP contribution is -2.21. The quantitative estimate of drug-likeness (QED) is 0.420. The number of nitrogens with one attached hydrogen (secondary N) is 1. The number of carboxylic acids is 1. The average molecular weight is 508 g/mol. The highest BCUT2D eigenvalue weighted by Gasteiger charge is 2.38. The van der Waals surface area contributed by atoms with Gasteiger partial charge in [-0.05, 0) is 25.5 Å². The van der Waals surface area contributed by atoms with Crippen LogP contribution in [0.1, 0.15) is 23.2 Å². The number of nitrogens with two attached hydrogens (primary N) is 1. The van der Waals surface area contributed by atoms with E-state index in [1.807, 2.05) is 30.8 Å². The third-order valence-electron chi connectivity index (χ3n) is 4.53. The molecule has 0 aliphatic heterocycles. The molecule has 4 N–H and O–H groups in total. The molecule has 0 saturated carbocycles. The number of carboxylic acid groups (broad SMARTS) is 1.